The molecule has 0 spiro atoms. The molecule has 0 radical (unpaired) electrons. The van der Waals surface area contributed by atoms with Crippen molar-refractivity contribution in [1.29, 1.82) is 0 Å². The van der Waals surface area contributed by atoms with Crippen LogP contribution in [0, 0.1) is 0 Å². The van der Waals surface area contributed by atoms with Gasteiger partial charge in [0.25, 0.3) is 0 Å². The lowest BCUT2D eigenvalue weighted by atomic mass is 10.1. The predicted octanol–water partition coefficient (Wildman–Crippen LogP) is 3.21. The van der Waals surface area contributed by atoms with Crippen molar-refractivity contribution in [3.05, 3.63) is 48.1 Å². The van der Waals surface area contributed by atoms with Crippen molar-refractivity contribution in [2.45, 2.75) is 26.3 Å². The zero-order chi connectivity index (χ0) is 18.5. The molecule has 1 aromatic carbocycles. The molecule has 0 saturated heterocycles. The van der Waals surface area contributed by atoms with Crippen LogP contribution in [0.15, 0.2) is 42.5 Å². The molecule has 0 aromatic heterocycles. The van der Waals surface area contributed by atoms with E-state index in [1.165, 1.54) is 6.08 Å². The molecule has 0 aliphatic carbocycles. The average Bonchev–Trinajstić information content (AvgIpc) is 2.57. The summed E-state index contributed by atoms with van der Waals surface area (Å²) in [6.07, 6.45) is 6.73. The van der Waals surface area contributed by atoms with Gasteiger partial charge in [-0.15, -0.1) is 0 Å². The Bertz CT molecular complexity index is 556. The predicted molar refractivity (Wildman–Crippen MR) is 101 cm³/mol. The number of allylic oxidation sites excluding steroid dienone is 2. The lowest BCUT2D eigenvalue weighted by Gasteiger charge is -2.20. The number of benzene rings is 1. The Labute approximate surface area is 150 Å². The average molecular weight is 347 g/mol. The minimum atomic E-state index is -0.379. The molecule has 0 fully saturated rings. The van der Waals surface area contributed by atoms with Crippen molar-refractivity contribution >= 4 is 12.0 Å². The first-order valence-corrected chi connectivity index (χ1v) is 8.39. The zero-order valence-electron chi connectivity index (χ0n) is 15.6. The number of carbonyl (C=O) groups is 1. The quantitative estimate of drug-likeness (QED) is 0.305. The highest BCUT2D eigenvalue weighted by atomic mass is 16.6. The standard InChI is InChI=1S/C20H29NO4/c1-20(2,3)21-13-14-24-15-16-25-19(22)8-6-5-7-17-9-11-18(23-4)12-10-17/h5-12,21H,13-16H2,1-4H3/b7-5+,8-6+. The summed E-state index contributed by atoms with van der Waals surface area (Å²) in [4.78, 5) is 11.5. The number of carbonyl (C=O) groups excluding carboxylic acids is 1. The summed E-state index contributed by atoms with van der Waals surface area (Å²) in [5.74, 6) is 0.434. The Hall–Kier alpha value is -2.11. The Morgan fingerprint density at radius 3 is 2.44 bits per heavy atom. The van der Waals surface area contributed by atoms with Crippen LogP contribution in [0.25, 0.3) is 6.08 Å². The summed E-state index contributed by atoms with van der Waals surface area (Å²) in [5, 5.41) is 3.32. The fourth-order valence-corrected chi connectivity index (χ4v) is 1.87. The van der Waals surface area contributed by atoms with E-state index >= 15 is 0 Å². The highest BCUT2D eigenvalue weighted by Gasteiger charge is 2.07. The van der Waals surface area contributed by atoms with Crippen LogP contribution in [0.2, 0.25) is 0 Å². The van der Waals surface area contributed by atoms with Gasteiger partial charge in [0.15, 0.2) is 0 Å². The summed E-state index contributed by atoms with van der Waals surface area (Å²) >= 11 is 0. The fourth-order valence-electron chi connectivity index (χ4n) is 1.87. The van der Waals surface area contributed by atoms with E-state index in [0.717, 1.165) is 17.9 Å². The number of ether oxygens (including phenoxy) is 3. The minimum Gasteiger partial charge on any atom is -0.497 e. The van der Waals surface area contributed by atoms with Gasteiger partial charge in [0.1, 0.15) is 12.4 Å². The maximum absolute atomic E-state index is 11.5. The first kappa shape index (κ1) is 20.9. The Balaban J connectivity index is 2.13. The second kappa shape index (κ2) is 11.4. The minimum absolute atomic E-state index is 0.0833. The highest BCUT2D eigenvalue weighted by molar-refractivity contribution is 5.82. The fraction of sp³-hybridized carbons (Fsp3) is 0.450. The number of methoxy groups -OCH3 is 1. The molecule has 0 atom stereocenters. The molecule has 0 aliphatic heterocycles. The van der Waals surface area contributed by atoms with Gasteiger partial charge in [0.2, 0.25) is 0 Å². The molecule has 0 amide bonds. The molecule has 5 heteroatoms. The van der Waals surface area contributed by atoms with Crippen molar-refractivity contribution < 1.29 is 19.0 Å². The SMILES string of the molecule is COc1ccc(/C=C/C=C/C(=O)OCCOCCNC(C)(C)C)cc1. The molecule has 5 nitrogen and oxygen atoms in total. The molecule has 0 saturated carbocycles. The van der Waals surface area contributed by atoms with Crippen LogP contribution < -0.4 is 10.1 Å². The van der Waals surface area contributed by atoms with Gasteiger partial charge in [-0.2, -0.15) is 0 Å². The molecular weight excluding hydrogens is 318 g/mol. The van der Waals surface area contributed by atoms with Crippen LogP contribution in [0.1, 0.15) is 26.3 Å². The highest BCUT2D eigenvalue weighted by Crippen LogP contribution is 2.12. The maximum Gasteiger partial charge on any atom is 0.330 e. The summed E-state index contributed by atoms with van der Waals surface area (Å²) < 4.78 is 15.5. The third-order valence-corrected chi connectivity index (χ3v) is 3.12. The van der Waals surface area contributed by atoms with Crippen LogP contribution in [0.5, 0.6) is 5.75 Å². The van der Waals surface area contributed by atoms with Gasteiger partial charge in [0, 0.05) is 18.2 Å². The van der Waals surface area contributed by atoms with Gasteiger partial charge in [-0.25, -0.2) is 4.79 Å². The number of nitrogens with one attached hydrogen (secondary N) is 1. The molecular formula is C20H29NO4. The topological polar surface area (TPSA) is 56.8 Å². The molecule has 0 unspecified atom stereocenters. The maximum atomic E-state index is 11.5. The van der Waals surface area contributed by atoms with Crippen LogP contribution in [-0.2, 0) is 14.3 Å². The molecule has 0 aliphatic rings. The van der Waals surface area contributed by atoms with Gasteiger partial charge in [-0.3, -0.25) is 0 Å². The van der Waals surface area contributed by atoms with E-state index in [1.54, 1.807) is 19.3 Å². The normalized spacial score (nSPS) is 12.0. The monoisotopic (exact) mass is 347 g/mol. The zero-order valence-corrected chi connectivity index (χ0v) is 15.6. The Kier molecular flexibility index (Phi) is 9.58. The van der Waals surface area contributed by atoms with E-state index in [0.29, 0.717) is 13.2 Å². The summed E-state index contributed by atoms with van der Waals surface area (Å²) in [6.45, 7) is 8.31. The molecule has 0 heterocycles. The van der Waals surface area contributed by atoms with E-state index in [2.05, 4.69) is 26.1 Å². The van der Waals surface area contributed by atoms with Crippen molar-refractivity contribution in [3.8, 4) is 5.75 Å². The van der Waals surface area contributed by atoms with Crippen molar-refractivity contribution in [1.82, 2.24) is 5.32 Å². The second-order valence-corrected chi connectivity index (χ2v) is 6.45. The first-order chi connectivity index (χ1) is 11.9. The molecule has 25 heavy (non-hydrogen) atoms. The number of hydrogen-bond donors (Lipinski definition) is 1. The van der Waals surface area contributed by atoms with Crippen molar-refractivity contribution in [2.75, 3.05) is 33.5 Å². The number of hydrogen-bond acceptors (Lipinski definition) is 5. The van der Waals surface area contributed by atoms with Gasteiger partial charge in [-0.1, -0.05) is 30.4 Å². The third-order valence-electron chi connectivity index (χ3n) is 3.12. The summed E-state index contributed by atoms with van der Waals surface area (Å²) in [7, 11) is 1.63. The van der Waals surface area contributed by atoms with Gasteiger partial charge < -0.3 is 19.5 Å². The lowest BCUT2D eigenvalue weighted by molar-refractivity contribution is -0.139. The number of esters is 1. The van der Waals surface area contributed by atoms with Gasteiger partial charge in [-0.05, 0) is 38.5 Å². The van der Waals surface area contributed by atoms with Crippen LogP contribution in [0.3, 0.4) is 0 Å². The smallest absolute Gasteiger partial charge is 0.330 e. The molecule has 0 bridgehead atoms. The van der Waals surface area contributed by atoms with Crippen molar-refractivity contribution in [3.63, 3.8) is 0 Å². The van der Waals surface area contributed by atoms with Crippen molar-refractivity contribution in [2.24, 2.45) is 0 Å². The van der Waals surface area contributed by atoms with E-state index in [1.807, 2.05) is 30.3 Å². The largest absolute Gasteiger partial charge is 0.497 e. The Morgan fingerprint density at radius 1 is 1.08 bits per heavy atom. The van der Waals surface area contributed by atoms with E-state index < -0.39 is 0 Å². The van der Waals surface area contributed by atoms with Crippen LogP contribution >= 0.6 is 0 Å². The first-order valence-electron chi connectivity index (χ1n) is 8.39. The van der Waals surface area contributed by atoms with Crippen LogP contribution in [-0.4, -0.2) is 45.0 Å². The van der Waals surface area contributed by atoms with Gasteiger partial charge in [0.05, 0.1) is 20.3 Å². The summed E-state index contributed by atoms with van der Waals surface area (Å²) in [5.41, 5.74) is 1.11. The van der Waals surface area contributed by atoms with E-state index in [-0.39, 0.29) is 18.1 Å². The molecule has 138 valence electrons. The van der Waals surface area contributed by atoms with Crippen LogP contribution in [0.4, 0.5) is 0 Å². The van der Waals surface area contributed by atoms with Gasteiger partial charge >= 0.3 is 5.97 Å². The van der Waals surface area contributed by atoms with E-state index in [4.69, 9.17) is 14.2 Å². The molecule has 1 rings (SSSR count). The molecule has 1 N–H and O–H groups in total. The lowest BCUT2D eigenvalue weighted by Crippen LogP contribution is -2.38. The number of rotatable bonds is 10. The van der Waals surface area contributed by atoms with E-state index in [9.17, 15) is 4.79 Å². The Morgan fingerprint density at radius 2 is 1.80 bits per heavy atom. The molecule has 1 aromatic rings. The third kappa shape index (κ3) is 11.1. The summed E-state index contributed by atoms with van der Waals surface area (Å²) in [6, 6.07) is 7.64. The second-order valence-electron chi connectivity index (χ2n) is 6.45.